The van der Waals surface area contributed by atoms with Crippen LogP contribution >= 0.6 is 0 Å². The molecule has 0 bridgehead atoms. The van der Waals surface area contributed by atoms with Crippen molar-refractivity contribution in [1.29, 1.82) is 0 Å². The predicted octanol–water partition coefficient (Wildman–Crippen LogP) is 2.15. The maximum Gasteiger partial charge on any atom is 0.184 e. The Kier molecular flexibility index (Phi) is 3.22. The van der Waals surface area contributed by atoms with E-state index in [1.165, 1.54) is 13.2 Å². The zero-order valence-electron chi connectivity index (χ0n) is 15.8. The number of hydrogen-bond donors (Lipinski definition) is 0. The molecule has 4 rings (SSSR count). The van der Waals surface area contributed by atoms with Gasteiger partial charge in [0.05, 0.1) is 28.0 Å². The summed E-state index contributed by atoms with van der Waals surface area (Å²) in [6, 6.07) is 9.29. The molecule has 2 aliphatic heterocycles. The molecule has 0 radical (unpaired) electrons. The smallest absolute Gasteiger partial charge is 0.184 e. The van der Waals surface area contributed by atoms with E-state index >= 15 is 0 Å². The lowest BCUT2D eigenvalue weighted by Gasteiger charge is -2.34. The Morgan fingerprint density at radius 2 is 2.17 bits per heavy atom. The molecule has 5 heteroatoms. The molecule has 5 atom stereocenters. The van der Waals surface area contributed by atoms with Crippen LogP contribution in [-0.4, -0.2) is 49.5 Å². The second-order valence-corrected chi connectivity index (χ2v) is 6.60. The van der Waals surface area contributed by atoms with Gasteiger partial charge in [-0.1, -0.05) is 18.2 Å². The molecule has 2 fully saturated rings. The number of ketones is 1. The van der Waals surface area contributed by atoms with E-state index in [1.54, 1.807) is 0 Å². The van der Waals surface area contributed by atoms with Crippen LogP contribution in [0.5, 0.6) is 5.75 Å². The van der Waals surface area contributed by atoms with Gasteiger partial charge >= 0.3 is 0 Å². The minimum atomic E-state index is -1.88. The monoisotopic (exact) mass is 332 g/mol. The molecule has 1 spiro atoms. The summed E-state index contributed by atoms with van der Waals surface area (Å²) in [5.74, 6) is -0.490. The Morgan fingerprint density at radius 1 is 1.42 bits per heavy atom. The third kappa shape index (κ3) is 2.57. The highest BCUT2D eigenvalue weighted by Gasteiger charge is 2.71. The summed E-state index contributed by atoms with van der Waals surface area (Å²) in [4.78, 5) is 12.5. The third-order valence-electron chi connectivity index (χ3n) is 5.06. The molecule has 1 unspecified atom stereocenters. The molecule has 24 heavy (non-hydrogen) atoms. The average molecular weight is 332 g/mol. The van der Waals surface area contributed by atoms with Crippen LogP contribution in [0.1, 0.15) is 16.1 Å². The first kappa shape index (κ1) is 13.6. The highest BCUT2D eigenvalue weighted by molar-refractivity contribution is 5.95. The standard InChI is InChI=1S/C19H22O5/c1-18(15(24-18)9-11-22-13-6-4-3-5-7-13)17-16(21-2)14(20)8-10-19(17)12-23-19/h3-8,10,15-17H,9,11-12H2,1-2H3/t15-,16-,17-,18?,19+/m1/s1/i8D,16D. The second-order valence-electron chi connectivity index (χ2n) is 6.60. The van der Waals surface area contributed by atoms with Crippen molar-refractivity contribution in [1.82, 2.24) is 0 Å². The van der Waals surface area contributed by atoms with Crippen molar-refractivity contribution in [2.45, 2.75) is 36.7 Å². The molecule has 1 aromatic carbocycles. The predicted molar refractivity (Wildman–Crippen MR) is 86.9 cm³/mol. The quantitative estimate of drug-likeness (QED) is 0.747. The van der Waals surface area contributed by atoms with Crippen LogP contribution in [0.2, 0.25) is 0 Å². The van der Waals surface area contributed by atoms with E-state index in [4.69, 9.17) is 21.7 Å². The van der Waals surface area contributed by atoms with Gasteiger partial charge in [0, 0.05) is 13.5 Å². The van der Waals surface area contributed by atoms with Gasteiger partial charge in [-0.25, -0.2) is 0 Å². The fourth-order valence-corrected chi connectivity index (χ4v) is 3.66. The first-order chi connectivity index (χ1) is 12.4. The molecule has 128 valence electrons. The molecule has 0 N–H and O–H groups in total. The van der Waals surface area contributed by atoms with Crippen molar-refractivity contribution in [2.24, 2.45) is 5.92 Å². The zero-order valence-corrected chi connectivity index (χ0v) is 13.8. The molecule has 0 aromatic heterocycles. The van der Waals surface area contributed by atoms with E-state index in [9.17, 15) is 4.79 Å². The van der Waals surface area contributed by atoms with E-state index < -0.39 is 29.0 Å². The number of carbonyl (C=O) groups is 1. The Labute approximate surface area is 144 Å². The fourth-order valence-electron chi connectivity index (χ4n) is 3.66. The number of para-hydroxylation sites is 1. The number of rotatable bonds is 6. The number of carbonyl (C=O) groups excluding carboxylic acids is 1. The van der Waals surface area contributed by atoms with E-state index in [-0.39, 0.29) is 12.2 Å². The summed E-state index contributed by atoms with van der Waals surface area (Å²) in [6.07, 6.45) is 0.0943. The SMILES string of the molecule is [2H]C1=C[C@]2(CO2)[C@@H](C2(C)O[C@@H]2CCOc2ccccc2)[C@]([2H])(OC)C1=O. The Bertz CT molecular complexity index is 748. The summed E-state index contributed by atoms with van der Waals surface area (Å²) in [6.45, 7) is 2.71. The molecule has 0 saturated carbocycles. The van der Waals surface area contributed by atoms with E-state index in [2.05, 4.69) is 0 Å². The molecule has 2 saturated heterocycles. The number of methoxy groups -OCH3 is 1. The molecule has 2 heterocycles. The minimum Gasteiger partial charge on any atom is -0.493 e. The first-order valence-corrected chi connectivity index (χ1v) is 8.15. The summed E-state index contributed by atoms with van der Waals surface area (Å²) in [7, 11) is 1.33. The molecular formula is C19H22O5. The van der Waals surface area contributed by atoms with Crippen molar-refractivity contribution in [2.75, 3.05) is 20.3 Å². The molecule has 1 aliphatic carbocycles. The lowest BCUT2D eigenvalue weighted by atomic mass is 9.72. The first-order valence-electron chi connectivity index (χ1n) is 9.15. The van der Waals surface area contributed by atoms with Gasteiger partial charge in [0.15, 0.2) is 5.78 Å². The number of benzene rings is 1. The maximum absolute atomic E-state index is 12.5. The summed E-state index contributed by atoms with van der Waals surface area (Å²) in [5, 5.41) is 0. The lowest BCUT2D eigenvalue weighted by molar-refractivity contribution is -0.132. The van der Waals surface area contributed by atoms with Crippen LogP contribution in [0.25, 0.3) is 0 Å². The summed E-state index contributed by atoms with van der Waals surface area (Å²) >= 11 is 0. The summed E-state index contributed by atoms with van der Waals surface area (Å²) in [5.41, 5.74) is -1.56. The second kappa shape index (κ2) is 5.69. The minimum absolute atomic E-state index is 0.161. The van der Waals surface area contributed by atoms with Crippen LogP contribution < -0.4 is 4.74 Å². The van der Waals surface area contributed by atoms with Crippen molar-refractivity contribution < 1.29 is 26.5 Å². The van der Waals surface area contributed by atoms with Gasteiger partial charge in [-0.3, -0.25) is 4.79 Å². The van der Waals surface area contributed by atoms with Gasteiger partial charge in [-0.15, -0.1) is 0 Å². The summed E-state index contributed by atoms with van der Waals surface area (Å²) < 4.78 is 39.1. The lowest BCUT2D eigenvalue weighted by Crippen LogP contribution is -2.50. The molecule has 3 aliphatic rings. The Morgan fingerprint density at radius 3 is 2.83 bits per heavy atom. The van der Waals surface area contributed by atoms with E-state index in [0.29, 0.717) is 19.6 Å². The average Bonchev–Trinajstić information content (AvgIpc) is 3.53. The van der Waals surface area contributed by atoms with Crippen molar-refractivity contribution in [3.05, 3.63) is 42.5 Å². The van der Waals surface area contributed by atoms with Crippen LogP contribution in [0, 0.1) is 5.92 Å². The molecular weight excluding hydrogens is 308 g/mol. The Hall–Kier alpha value is -1.69. The van der Waals surface area contributed by atoms with Crippen LogP contribution in [0.15, 0.2) is 42.5 Å². The maximum atomic E-state index is 12.5. The number of epoxide rings is 2. The Balaban J connectivity index is 1.49. The highest BCUT2D eigenvalue weighted by Crippen LogP contribution is 2.56. The number of ether oxygens (including phenoxy) is 4. The van der Waals surface area contributed by atoms with E-state index in [0.717, 1.165) is 5.75 Å². The van der Waals surface area contributed by atoms with Crippen LogP contribution in [0.4, 0.5) is 0 Å². The van der Waals surface area contributed by atoms with Crippen LogP contribution in [-0.2, 0) is 19.0 Å². The zero-order chi connectivity index (χ0) is 18.6. The van der Waals surface area contributed by atoms with Crippen molar-refractivity contribution in [3.63, 3.8) is 0 Å². The molecule has 1 aromatic rings. The van der Waals surface area contributed by atoms with Crippen molar-refractivity contribution >= 4 is 5.78 Å². The molecule has 0 amide bonds. The highest BCUT2D eigenvalue weighted by atomic mass is 16.6. The van der Waals surface area contributed by atoms with Crippen LogP contribution in [0.3, 0.4) is 0 Å². The topological polar surface area (TPSA) is 60.6 Å². The van der Waals surface area contributed by atoms with Gasteiger partial charge < -0.3 is 18.9 Å². The molecule has 5 nitrogen and oxygen atoms in total. The van der Waals surface area contributed by atoms with Gasteiger partial charge in [-0.05, 0) is 31.2 Å². The van der Waals surface area contributed by atoms with Gasteiger partial charge in [0.25, 0.3) is 0 Å². The van der Waals surface area contributed by atoms with E-state index in [1.807, 2.05) is 37.3 Å². The van der Waals surface area contributed by atoms with Gasteiger partial charge in [0.2, 0.25) is 0 Å². The fraction of sp³-hybridized carbons (Fsp3) is 0.526. The van der Waals surface area contributed by atoms with Crippen molar-refractivity contribution in [3.8, 4) is 5.75 Å². The third-order valence-corrected chi connectivity index (χ3v) is 5.06. The van der Waals surface area contributed by atoms with Gasteiger partial charge in [0.1, 0.15) is 23.0 Å². The van der Waals surface area contributed by atoms with Gasteiger partial charge in [-0.2, -0.15) is 0 Å². The largest absolute Gasteiger partial charge is 0.493 e. The normalized spacial score (nSPS) is 44.6. The number of hydrogen-bond acceptors (Lipinski definition) is 5.